The van der Waals surface area contributed by atoms with Crippen LogP contribution in [0.25, 0.3) is 0 Å². The predicted octanol–water partition coefficient (Wildman–Crippen LogP) is 0.827. The molecule has 102 valence electrons. The number of imide groups is 1. The number of carbonyl (C=O) groups excluding carboxylic acids is 2. The van der Waals surface area contributed by atoms with Gasteiger partial charge in [-0.15, -0.1) is 0 Å². The van der Waals surface area contributed by atoms with Gasteiger partial charge in [-0.3, -0.25) is 10.1 Å². The number of primary amides is 1. The fourth-order valence-electron chi connectivity index (χ4n) is 1.56. The zero-order valence-electron chi connectivity index (χ0n) is 9.86. The van der Waals surface area contributed by atoms with Crippen molar-refractivity contribution < 1.29 is 19.1 Å². The maximum Gasteiger partial charge on any atom is 0.318 e. The SMILES string of the molecule is NC(=O)NC(=O)CNc1cc2c(cc1Br)OCCO2. The molecule has 0 atom stereocenters. The van der Waals surface area contributed by atoms with Crippen molar-refractivity contribution in [3.05, 3.63) is 16.6 Å². The second-order valence-electron chi connectivity index (χ2n) is 3.74. The molecule has 0 spiro atoms. The molecule has 0 aliphatic carbocycles. The Labute approximate surface area is 117 Å². The van der Waals surface area contributed by atoms with E-state index in [1.807, 2.05) is 5.32 Å². The van der Waals surface area contributed by atoms with Crippen LogP contribution in [0.15, 0.2) is 16.6 Å². The van der Waals surface area contributed by atoms with E-state index in [1.165, 1.54) is 0 Å². The van der Waals surface area contributed by atoms with Gasteiger partial charge in [0.1, 0.15) is 13.2 Å². The zero-order valence-corrected chi connectivity index (χ0v) is 11.5. The van der Waals surface area contributed by atoms with Crippen molar-refractivity contribution in [2.75, 3.05) is 25.1 Å². The predicted molar refractivity (Wildman–Crippen MR) is 71.3 cm³/mol. The van der Waals surface area contributed by atoms with Gasteiger partial charge in [-0.05, 0) is 15.9 Å². The Hall–Kier alpha value is -1.96. The molecule has 0 unspecified atom stereocenters. The molecule has 0 fully saturated rings. The number of amides is 3. The molecule has 1 aliphatic heterocycles. The first-order chi connectivity index (χ1) is 9.06. The summed E-state index contributed by atoms with van der Waals surface area (Å²) in [6.45, 7) is 0.907. The molecule has 0 saturated carbocycles. The van der Waals surface area contributed by atoms with Crippen molar-refractivity contribution in [3.8, 4) is 11.5 Å². The molecule has 3 amide bonds. The Morgan fingerprint density at radius 3 is 2.53 bits per heavy atom. The lowest BCUT2D eigenvalue weighted by atomic mass is 10.2. The number of anilines is 1. The molecular weight excluding hydrogens is 318 g/mol. The average Bonchev–Trinajstić information content (AvgIpc) is 2.35. The van der Waals surface area contributed by atoms with Crippen molar-refractivity contribution in [3.63, 3.8) is 0 Å². The largest absolute Gasteiger partial charge is 0.486 e. The van der Waals surface area contributed by atoms with E-state index in [0.29, 0.717) is 30.4 Å². The molecule has 1 heterocycles. The third-order valence-electron chi connectivity index (χ3n) is 2.33. The van der Waals surface area contributed by atoms with Crippen LogP contribution in [0.1, 0.15) is 0 Å². The van der Waals surface area contributed by atoms with Crippen LogP contribution in [0.2, 0.25) is 0 Å². The van der Waals surface area contributed by atoms with Gasteiger partial charge in [0.05, 0.1) is 12.2 Å². The Balaban J connectivity index is 2.04. The number of nitrogens with two attached hydrogens (primary N) is 1. The lowest BCUT2D eigenvalue weighted by Crippen LogP contribution is -2.38. The van der Waals surface area contributed by atoms with Crippen molar-refractivity contribution in [2.24, 2.45) is 5.73 Å². The van der Waals surface area contributed by atoms with Gasteiger partial charge in [0.25, 0.3) is 0 Å². The smallest absolute Gasteiger partial charge is 0.318 e. The van der Waals surface area contributed by atoms with Gasteiger partial charge in [0, 0.05) is 16.6 Å². The van der Waals surface area contributed by atoms with Crippen molar-refractivity contribution in [2.45, 2.75) is 0 Å². The van der Waals surface area contributed by atoms with Gasteiger partial charge in [-0.25, -0.2) is 4.79 Å². The van der Waals surface area contributed by atoms with E-state index in [1.54, 1.807) is 12.1 Å². The second kappa shape index (κ2) is 5.79. The van der Waals surface area contributed by atoms with Gasteiger partial charge in [0.15, 0.2) is 11.5 Å². The number of benzene rings is 1. The molecule has 4 N–H and O–H groups in total. The number of rotatable bonds is 3. The number of halogens is 1. The molecule has 0 aromatic heterocycles. The monoisotopic (exact) mass is 329 g/mol. The van der Waals surface area contributed by atoms with Crippen molar-refractivity contribution >= 4 is 33.6 Å². The van der Waals surface area contributed by atoms with E-state index < -0.39 is 11.9 Å². The molecular formula is C11H12BrN3O4. The Bertz CT molecular complexity index is 521. The highest BCUT2D eigenvalue weighted by Gasteiger charge is 2.15. The first-order valence-electron chi connectivity index (χ1n) is 5.48. The molecule has 19 heavy (non-hydrogen) atoms. The van der Waals surface area contributed by atoms with Crippen LogP contribution in [0.3, 0.4) is 0 Å². The number of nitrogens with one attached hydrogen (secondary N) is 2. The summed E-state index contributed by atoms with van der Waals surface area (Å²) in [5.41, 5.74) is 5.50. The first kappa shape index (κ1) is 13.5. The zero-order chi connectivity index (χ0) is 13.8. The lowest BCUT2D eigenvalue weighted by Gasteiger charge is -2.20. The van der Waals surface area contributed by atoms with Crippen LogP contribution in [0.4, 0.5) is 10.5 Å². The number of hydrogen-bond acceptors (Lipinski definition) is 5. The first-order valence-corrected chi connectivity index (χ1v) is 6.28. The van der Waals surface area contributed by atoms with Crippen LogP contribution in [0, 0.1) is 0 Å². The number of carbonyl (C=O) groups is 2. The van der Waals surface area contributed by atoms with Crippen LogP contribution < -0.4 is 25.8 Å². The molecule has 7 nitrogen and oxygen atoms in total. The third kappa shape index (κ3) is 3.50. The topological polar surface area (TPSA) is 103 Å². The molecule has 1 aromatic carbocycles. The van der Waals surface area contributed by atoms with Gasteiger partial charge in [-0.2, -0.15) is 0 Å². The normalized spacial score (nSPS) is 12.7. The van der Waals surface area contributed by atoms with Crippen molar-refractivity contribution in [1.82, 2.24) is 5.32 Å². The van der Waals surface area contributed by atoms with Crippen LogP contribution in [-0.2, 0) is 4.79 Å². The lowest BCUT2D eigenvalue weighted by molar-refractivity contribution is -0.118. The maximum absolute atomic E-state index is 11.3. The summed E-state index contributed by atoms with van der Waals surface area (Å²) in [6, 6.07) is 2.59. The van der Waals surface area contributed by atoms with E-state index in [-0.39, 0.29) is 6.54 Å². The molecule has 0 saturated heterocycles. The third-order valence-corrected chi connectivity index (χ3v) is 2.99. The van der Waals surface area contributed by atoms with Gasteiger partial charge in [-0.1, -0.05) is 0 Å². The molecule has 0 bridgehead atoms. The van der Waals surface area contributed by atoms with E-state index in [4.69, 9.17) is 15.2 Å². The molecule has 1 aromatic rings. The van der Waals surface area contributed by atoms with Gasteiger partial charge >= 0.3 is 6.03 Å². The minimum atomic E-state index is -0.881. The standard InChI is InChI=1S/C11H12BrN3O4/c12-6-3-8-9(19-2-1-18-8)4-7(6)14-5-10(16)15-11(13)17/h3-4,14H,1-2,5H2,(H3,13,15,16,17). The number of ether oxygens (including phenoxy) is 2. The minimum Gasteiger partial charge on any atom is -0.486 e. The summed E-state index contributed by atoms with van der Waals surface area (Å²) >= 11 is 3.35. The van der Waals surface area contributed by atoms with Crippen LogP contribution >= 0.6 is 15.9 Å². The van der Waals surface area contributed by atoms with Crippen LogP contribution in [-0.4, -0.2) is 31.7 Å². The Morgan fingerprint density at radius 1 is 1.26 bits per heavy atom. The Kier molecular flexibility index (Phi) is 4.10. The number of hydrogen-bond donors (Lipinski definition) is 3. The fourth-order valence-corrected chi connectivity index (χ4v) is 2.02. The summed E-state index contributed by atoms with van der Waals surface area (Å²) in [4.78, 5) is 21.8. The number of urea groups is 1. The summed E-state index contributed by atoms with van der Waals surface area (Å²) < 4.78 is 11.6. The van der Waals surface area contributed by atoms with Gasteiger partial charge in [0.2, 0.25) is 5.91 Å². The second-order valence-corrected chi connectivity index (χ2v) is 4.60. The molecule has 1 aliphatic rings. The molecule has 8 heteroatoms. The summed E-state index contributed by atoms with van der Waals surface area (Å²) in [6.07, 6.45) is 0. The quantitative estimate of drug-likeness (QED) is 0.762. The number of fused-ring (bicyclic) bond motifs is 1. The molecule has 2 rings (SSSR count). The van der Waals surface area contributed by atoms with Crippen LogP contribution in [0.5, 0.6) is 11.5 Å². The highest BCUT2D eigenvalue weighted by Crippen LogP contribution is 2.37. The van der Waals surface area contributed by atoms with E-state index in [2.05, 4.69) is 21.2 Å². The summed E-state index contributed by atoms with van der Waals surface area (Å²) in [7, 11) is 0. The summed E-state index contributed by atoms with van der Waals surface area (Å²) in [5, 5.41) is 4.83. The van der Waals surface area contributed by atoms with E-state index in [9.17, 15) is 9.59 Å². The van der Waals surface area contributed by atoms with E-state index in [0.717, 1.165) is 4.47 Å². The molecule has 0 radical (unpaired) electrons. The Morgan fingerprint density at radius 2 is 1.89 bits per heavy atom. The highest BCUT2D eigenvalue weighted by atomic mass is 79.9. The summed E-state index contributed by atoms with van der Waals surface area (Å²) in [5.74, 6) is 0.729. The van der Waals surface area contributed by atoms with Gasteiger partial charge < -0.3 is 20.5 Å². The van der Waals surface area contributed by atoms with E-state index >= 15 is 0 Å². The average molecular weight is 330 g/mol. The minimum absolute atomic E-state index is 0.0822. The maximum atomic E-state index is 11.3. The van der Waals surface area contributed by atoms with Crippen molar-refractivity contribution in [1.29, 1.82) is 0 Å². The highest BCUT2D eigenvalue weighted by molar-refractivity contribution is 9.10. The fraction of sp³-hybridized carbons (Fsp3) is 0.273.